The second-order valence-electron chi connectivity index (χ2n) is 6.11. The molecule has 1 N–H and O–H groups in total. The van der Waals surface area contributed by atoms with Crippen LogP contribution in [0.5, 0.6) is 0 Å². The van der Waals surface area contributed by atoms with Crippen LogP contribution < -0.4 is 5.32 Å². The molecular weight excluding hydrogens is 281 g/mol. The van der Waals surface area contributed by atoms with Gasteiger partial charge in [0.05, 0.1) is 11.6 Å². The summed E-state index contributed by atoms with van der Waals surface area (Å²) in [5.74, 6) is -0.781. The minimum absolute atomic E-state index is 0. The topological polar surface area (TPSA) is 46.2 Å². The summed E-state index contributed by atoms with van der Waals surface area (Å²) in [6.45, 7) is 3.43. The number of benzene rings is 1. The molecule has 1 aliphatic rings. The Morgan fingerprint density at radius 2 is 2.00 bits per heavy atom. The van der Waals surface area contributed by atoms with E-state index in [4.69, 9.17) is 0 Å². The molecule has 0 bridgehead atoms. The van der Waals surface area contributed by atoms with E-state index < -0.39 is 17.8 Å². The number of rotatable bonds is 5. The number of ketones is 1. The van der Waals surface area contributed by atoms with Crippen LogP contribution in [0.25, 0.3) is 0 Å². The predicted molar refractivity (Wildman–Crippen MR) is 86.4 cm³/mol. The molecule has 0 saturated heterocycles. The standard InChI is InChI=1S/C18H24FNO2.H2/c1-3-15(21)17(13-9-5-4-6-10-13)20-18(22)14-11-7-8-12(2)16(14)19;/h7-8,11,13,17H,3-6,9-10H2,1-2H3,(H,20,22);1H/t17-;/m1./s1. The van der Waals surface area contributed by atoms with Crippen LogP contribution in [0.3, 0.4) is 0 Å². The van der Waals surface area contributed by atoms with E-state index in [1.165, 1.54) is 12.5 Å². The molecular formula is C18H26FNO2. The largest absolute Gasteiger partial charge is 0.342 e. The van der Waals surface area contributed by atoms with E-state index in [1.54, 1.807) is 26.0 Å². The molecule has 3 nitrogen and oxygen atoms in total. The minimum atomic E-state index is -0.508. The van der Waals surface area contributed by atoms with Crippen LogP contribution in [0.15, 0.2) is 18.2 Å². The summed E-state index contributed by atoms with van der Waals surface area (Å²) in [5, 5.41) is 2.79. The van der Waals surface area contributed by atoms with Gasteiger partial charge in [-0.25, -0.2) is 4.39 Å². The van der Waals surface area contributed by atoms with Crippen LogP contribution in [-0.2, 0) is 4.79 Å². The number of nitrogens with one attached hydrogen (secondary N) is 1. The Labute approximate surface area is 132 Å². The molecule has 1 aromatic rings. The van der Waals surface area contributed by atoms with E-state index in [-0.39, 0.29) is 18.7 Å². The highest BCUT2D eigenvalue weighted by Crippen LogP contribution is 2.27. The predicted octanol–water partition coefficient (Wildman–Crippen LogP) is 4.04. The zero-order valence-electron chi connectivity index (χ0n) is 13.3. The van der Waals surface area contributed by atoms with E-state index in [2.05, 4.69) is 5.32 Å². The monoisotopic (exact) mass is 307 g/mol. The SMILES string of the molecule is CCC(=O)[C@H](NC(=O)c1cccc(C)c1F)C1CCCCC1.[HH]. The van der Waals surface area contributed by atoms with Crippen molar-refractivity contribution in [2.24, 2.45) is 5.92 Å². The van der Waals surface area contributed by atoms with Crippen molar-refractivity contribution in [3.63, 3.8) is 0 Å². The van der Waals surface area contributed by atoms with Crippen molar-refractivity contribution in [3.8, 4) is 0 Å². The molecule has 1 amide bonds. The van der Waals surface area contributed by atoms with Crippen molar-refractivity contribution in [2.75, 3.05) is 0 Å². The van der Waals surface area contributed by atoms with E-state index >= 15 is 0 Å². The van der Waals surface area contributed by atoms with E-state index in [0.29, 0.717) is 12.0 Å². The fourth-order valence-electron chi connectivity index (χ4n) is 3.19. The Hall–Kier alpha value is -1.71. The van der Waals surface area contributed by atoms with Crippen molar-refractivity contribution in [3.05, 3.63) is 35.1 Å². The van der Waals surface area contributed by atoms with Crippen molar-refractivity contribution in [2.45, 2.75) is 58.4 Å². The number of Topliss-reactive ketones (excluding diaryl/α,β-unsaturated/α-hetero) is 1. The molecule has 0 spiro atoms. The van der Waals surface area contributed by atoms with Crippen LogP contribution in [0.1, 0.15) is 62.8 Å². The lowest BCUT2D eigenvalue weighted by molar-refractivity contribution is -0.122. The van der Waals surface area contributed by atoms with Gasteiger partial charge in [-0.2, -0.15) is 0 Å². The Morgan fingerprint density at radius 1 is 1.32 bits per heavy atom. The lowest BCUT2D eigenvalue weighted by Crippen LogP contribution is -2.46. The fourth-order valence-corrected chi connectivity index (χ4v) is 3.19. The minimum Gasteiger partial charge on any atom is -0.342 e. The van der Waals surface area contributed by atoms with Crippen molar-refractivity contribution in [1.82, 2.24) is 5.32 Å². The molecule has 22 heavy (non-hydrogen) atoms. The highest BCUT2D eigenvalue weighted by atomic mass is 19.1. The zero-order valence-corrected chi connectivity index (χ0v) is 13.3. The summed E-state index contributed by atoms with van der Waals surface area (Å²) in [6, 6.07) is 4.26. The maximum Gasteiger partial charge on any atom is 0.254 e. The van der Waals surface area contributed by atoms with Gasteiger partial charge in [-0.05, 0) is 37.3 Å². The van der Waals surface area contributed by atoms with Gasteiger partial charge in [-0.3, -0.25) is 9.59 Å². The quantitative estimate of drug-likeness (QED) is 0.892. The molecule has 1 atom stereocenters. The van der Waals surface area contributed by atoms with Gasteiger partial charge in [0.25, 0.3) is 5.91 Å². The molecule has 0 unspecified atom stereocenters. The number of amides is 1. The first-order chi connectivity index (χ1) is 10.5. The second-order valence-corrected chi connectivity index (χ2v) is 6.11. The first-order valence-electron chi connectivity index (χ1n) is 8.13. The zero-order chi connectivity index (χ0) is 16.1. The number of hydrogen-bond acceptors (Lipinski definition) is 2. The molecule has 1 aliphatic carbocycles. The Bertz CT molecular complexity index is 556. The van der Waals surface area contributed by atoms with Crippen molar-refractivity contribution < 1.29 is 15.4 Å². The summed E-state index contributed by atoms with van der Waals surface area (Å²) in [7, 11) is 0. The third-order valence-corrected chi connectivity index (χ3v) is 4.54. The molecule has 4 heteroatoms. The number of carbonyl (C=O) groups excluding carboxylic acids is 2. The molecule has 122 valence electrons. The molecule has 0 radical (unpaired) electrons. The normalized spacial score (nSPS) is 17.0. The number of carbonyl (C=O) groups is 2. The average Bonchev–Trinajstić information content (AvgIpc) is 2.55. The molecule has 0 heterocycles. The first-order valence-corrected chi connectivity index (χ1v) is 8.13. The van der Waals surface area contributed by atoms with E-state index in [0.717, 1.165) is 25.7 Å². The van der Waals surface area contributed by atoms with Crippen LogP contribution in [-0.4, -0.2) is 17.7 Å². The van der Waals surface area contributed by atoms with Crippen LogP contribution in [0, 0.1) is 18.7 Å². The maximum absolute atomic E-state index is 14.1. The van der Waals surface area contributed by atoms with E-state index in [1.807, 2.05) is 0 Å². The molecule has 1 saturated carbocycles. The maximum atomic E-state index is 14.1. The lowest BCUT2D eigenvalue weighted by atomic mass is 9.81. The Morgan fingerprint density at radius 3 is 2.64 bits per heavy atom. The van der Waals surface area contributed by atoms with Gasteiger partial charge < -0.3 is 5.32 Å². The molecule has 1 fully saturated rings. The summed E-state index contributed by atoms with van der Waals surface area (Å²) in [4.78, 5) is 24.6. The second kappa shape index (κ2) is 7.52. The van der Waals surface area contributed by atoms with Crippen LogP contribution in [0.2, 0.25) is 0 Å². The molecule has 2 rings (SSSR count). The summed E-state index contributed by atoms with van der Waals surface area (Å²) >= 11 is 0. The highest BCUT2D eigenvalue weighted by Gasteiger charge is 2.30. The summed E-state index contributed by atoms with van der Waals surface area (Å²) in [5.41, 5.74) is 0.452. The van der Waals surface area contributed by atoms with Crippen molar-refractivity contribution >= 4 is 11.7 Å². The highest BCUT2D eigenvalue weighted by molar-refractivity contribution is 5.98. The Balaban J connectivity index is 0.00000264. The number of halogens is 1. The number of aryl methyl sites for hydroxylation is 1. The van der Waals surface area contributed by atoms with Crippen LogP contribution in [0.4, 0.5) is 4.39 Å². The van der Waals surface area contributed by atoms with Gasteiger partial charge in [0.2, 0.25) is 0 Å². The van der Waals surface area contributed by atoms with Gasteiger partial charge in [-0.15, -0.1) is 0 Å². The number of hydrogen-bond donors (Lipinski definition) is 1. The Kier molecular flexibility index (Phi) is 5.69. The van der Waals surface area contributed by atoms with Gasteiger partial charge in [0.1, 0.15) is 5.82 Å². The van der Waals surface area contributed by atoms with Gasteiger partial charge in [-0.1, -0.05) is 38.3 Å². The molecule has 0 aromatic heterocycles. The summed E-state index contributed by atoms with van der Waals surface area (Å²) in [6.07, 6.45) is 5.65. The van der Waals surface area contributed by atoms with Gasteiger partial charge in [0, 0.05) is 7.85 Å². The van der Waals surface area contributed by atoms with Crippen LogP contribution >= 0.6 is 0 Å². The third kappa shape index (κ3) is 3.73. The smallest absolute Gasteiger partial charge is 0.254 e. The van der Waals surface area contributed by atoms with E-state index in [9.17, 15) is 14.0 Å². The third-order valence-electron chi connectivity index (χ3n) is 4.54. The molecule has 0 aliphatic heterocycles. The van der Waals surface area contributed by atoms with Gasteiger partial charge in [0.15, 0.2) is 5.78 Å². The summed E-state index contributed by atoms with van der Waals surface area (Å²) < 4.78 is 14.1. The average molecular weight is 307 g/mol. The van der Waals surface area contributed by atoms with Crippen molar-refractivity contribution in [1.29, 1.82) is 0 Å². The molecule has 1 aromatic carbocycles. The first kappa shape index (κ1) is 16.7. The van der Waals surface area contributed by atoms with Gasteiger partial charge >= 0.3 is 0 Å². The lowest BCUT2D eigenvalue weighted by Gasteiger charge is -2.30. The fraction of sp³-hybridized carbons (Fsp3) is 0.556.